The van der Waals surface area contributed by atoms with Crippen LogP contribution in [-0.4, -0.2) is 42.0 Å². The number of benzene rings is 1. The van der Waals surface area contributed by atoms with Gasteiger partial charge >= 0.3 is 0 Å². The third kappa shape index (κ3) is 3.68. The molecule has 6 nitrogen and oxygen atoms in total. The van der Waals surface area contributed by atoms with Gasteiger partial charge in [0.15, 0.2) is 0 Å². The molecule has 0 fully saturated rings. The van der Waals surface area contributed by atoms with Crippen molar-refractivity contribution >= 4 is 11.7 Å². The Bertz CT molecular complexity index is 613. The molecule has 1 amide bonds. The third-order valence-corrected chi connectivity index (χ3v) is 3.04. The van der Waals surface area contributed by atoms with Crippen LogP contribution in [0.5, 0.6) is 5.75 Å². The molecule has 1 N–H and O–H groups in total. The number of rotatable bonds is 5. The van der Waals surface area contributed by atoms with Crippen LogP contribution in [0.3, 0.4) is 0 Å². The monoisotopic (exact) mass is 286 g/mol. The zero-order valence-electron chi connectivity index (χ0n) is 12.3. The van der Waals surface area contributed by atoms with Crippen molar-refractivity contribution in [3.05, 3.63) is 47.9 Å². The molecule has 0 aliphatic carbocycles. The van der Waals surface area contributed by atoms with Gasteiger partial charge in [0.1, 0.15) is 17.3 Å². The van der Waals surface area contributed by atoms with Gasteiger partial charge in [-0.1, -0.05) is 12.1 Å². The van der Waals surface area contributed by atoms with Gasteiger partial charge in [-0.15, -0.1) is 0 Å². The summed E-state index contributed by atoms with van der Waals surface area (Å²) >= 11 is 0. The molecule has 0 saturated carbocycles. The molecule has 21 heavy (non-hydrogen) atoms. The third-order valence-electron chi connectivity index (χ3n) is 3.04. The normalized spacial score (nSPS) is 10.0. The number of nitrogens with one attached hydrogen (secondary N) is 1. The maximum Gasteiger partial charge on any atom is 0.274 e. The van der Waals surface area contributed by atoms with Crippen molar-refractivity contribution < 1.29 is 9.53 Å². The van der Waals surface area contributed by atoms with Crippen molar-refractivity contribution in [3.8, 4) is 5.75 Å². The highest BCUT2D eigenvalue weighted by Crippen LogP contribution is 2.13. The fraction of sp³-hybridized carbons (Fsp3) is 0.267. The van der Waals surface area contributed by atoms with Crippen molar-refractivity contribution in [2.45, 2.75) is 6.54 Å². The SMILES string of the molecule is CNc1cncc(C(=O)N(C)Cc2ccc(OC)cc2)n1. The standard InChI is InChI=1S/C15H18N4O2/c1-16-14-9-17-8-13(18-14)15(20)19(2)10-11-4-6-12(21-3)7-5-11/h4-9H,10H2,1-3H3,(H,16,18). The number of anilines is 1. The van der Waals surface area contributed by atoms with Gasteiger partial charge in [-0.2, -0.15) is 0 Å². The van der Waals surface area contributed by atoms with Gasteiger partial charge in [-0.05, 0) is 17.7 Å². The average Bonchev–Trinajstić information content (AvgIpc) is 2.54. The molecular weight excluding hydrogens is 268 g/mol. The van der Waals surface area contributed by atoms with Gasteiger partial charge in [0.05, 0.1) is 19.5 Å². The Labute approximate surface area is 123 Å². The summed E-state index contributed by atoms with van der Waals surface area (Å²) in [5.41, 5.74) is 1.34. The summed E-state index contributed by atoms with van der Waals surface area (Å²) in [6.45, 7) is 0.494. The number of amides is 1. The van der Waals surface area contributed by atoms with Crippen molar-refractivity contribution in [1.82, 2.24) is 14.9 Å². The predicted octanol–water partition coefficient (Wildman–Crippen LogP) is 1.80. The highest BCUT2D eigenvalue weighted by atomic mass is 16.5. The number of carbonyl (C=O) groups is 1. The largest absolute Gasteiger partial charge is 0.497 e. The average molecular weight is 286 g/mol. The first-order valence-corrected chi connectivity index (χ1v) is 6.52. The molecule has 1 aromatic carbocycles. The number of methoxy groups -OCH3 is 1. The van der Waals surface area contributed by atoms with E-state index in [1.807, 2.05) is 24.3 Å². The van der Waals surface area contributed by atoms with Gasteiger partial charge in [-0.25, -0.2) is 4.98 Å². The number of hydrogen-bond donors (Lipinski definition) is 1. The summed E-state index contributed by atoms with van der Waals surface area (Å²) in [6, 6.07) is 7.60. The summed E-state index contributed by atoms with van der Waals surface area (Å²) in [5, 5.41) is 2.87. The minimum Gasteiger partial charge on any atom is -0.497 e. The lowest BCUT2D eigenvalue weighted by Crippen LogP contribution is -2.27. The van der Waals surface area contributed by atoms with Crippen molar-refractivity contribution in [3.63, 3.8) is 0 Å². The summed E-state index contributed by atoms with van der Waals surface area (Å²) < 4.78 is 5.11. The number of nitrogens with zero attached hydrogens (tertiary/aromatic N) is 3. The van der Waals surface area contributed by atoms with Crippen molar-refractivity contribution in [1.29, 1.82) is 0 Å². The lowest BCUT2D eigenvalue weighted by Gasteiger charge is -2.17. The Hall–Kier alpha value is -2.63. The Balaban J connectivity index is 2.07. The number of hydrogen-bond acceptors (Lipinski definition) is 5. The molecule has 0 atom stereocenters. The summed E-state index contributed by atoms with van der Waals surface area (Å²) in [7, 11) is 5.09. The summed E-state index contributed by atoms with van der Waals surface area (Å²) in [5.74, 6) is 1.19. The lowest BCUT2D eigenvalue weighted by atomic mass is 10.2. The van der Waals surface area contributed by atoms with E-state index < -0.39 is 0 Å². The van der Waals surface area contributed by atoms with Gasteiger partial charge < -0.3 is 15.0 Å². The summed E-state index contributed by atoms with van der Waals surface area (Å²) in [6.07, 6.45) is 3.04. The fourth-order valence-electron chi connectivity index (χ4n) is 1.86. The van der Waals surface area contributed by atoms with E-state index in [-0.39, 0.29) is 5.91 Å². The fourth-order valence-corrected chi connectivity index (χ4v) is 1.86. The quantitative estimate of drug-likeness (QED) is 0.907. The van der Waals surface area contributed by atoms with Gasteiger partial charge in [-0.3, -0.25) is 9.78 Å². The van der Waals surface area contributed by atoms with Crippen LogP contribution < -0.4 is 10.1 Å². The van der Waals surface area contributed by atoms with Crippen LogP contribution in [0.2, 0.25) is 0 Å². The van der Waals surface area contributed by atoms with Crippen LogP contribution >= 0.6 is 0 Å². The van der Waals surface area contributed by atoms with E-state index in [1.165, 1.54) is 6.20 Å². The molecular formula is C15H18N4O2. The first-order valence-electron chi connectivity index (χ1n) is 6.52. The Morgan fingerprint density at radius 3 is 2.62 bits per heavy atom. The first-order chi connectivity index (χ1) is 10.1. The Kier molecular flexibility index (Phi) is 4.71. The molecule has 0 radical (unpaired) electrons. The molecule has 1 heterocycles. The Morgan fingerprint density at radius 1 is 1.29 bits per heavy atom. The minimum absolute atomic E-state index is 0.171. The second-order valence-corrected chi connectivity index (χ2v) is 4.55. The van der Waals surface area contributed by atoms with Crippen molar-refractivity contribution in [2.75, 3.05) is 26.5 Å². The van der Waals surface area contributed by atoms with Crippen LogP contribution in [0.4, 0.5) is 5.82 Å². The summed E-state index contributed by atoms with van der Waals surface area (Å²) in [4.78, 5) is 22.1. The zero-order valence-corrected chi connectivity index (χ0v) is 12.3. The number of carbonyl (C=O) groups excluding carboxylic acids is 1. The minimum atomic E-state index is -0.171. The molecule has 2 aromatic rings. The molecule has 1 aromatic heterocycles. The van der Waals surface area contributed by atoms with E-state index in [1.54, 1.807) is 32.3 Å². The maximum absolute atomic E-state index is 12.3. The second-order valence-electron chi connectivity index (χ2n) is 4.55. The number of ether oxygens (including phenoxy) is 1. The lowest BCUT2D eigenvalue weighted by molar-refractivity contribution is 0.0779. The second kappa shape index (κ2) is 6.69. The van der Waals surface area contributed by atoms with E-state index in [9.17, 15) is 4.79 Å². The van der Waals surface area contributed by atoms with Gasteiger partial charge in [0.25, 0.3) is 5.91 Å². The van der Waals surface area contributed by atoms with E-state index in [2.05, 4.69) is 15.3 Å². The number of aromatic nitrogens is 2. The highest BCUT2D eigenvalue weighted by Gasteiger charge is 2.14. The molecule has 110 valence electrons. The van der Waals surface area contributed by atoms with Gasteiger partial charge in [0.2, 0.25) is 0 Å². The molecule has 0 saturated heterocycles. The van der Waals surface area contributed by atoms with Crippen LogP contribution in [0.25, 0.3) is 0 Å². The molecule has 2 rings (SSSR count). The highest BCUT2D eigenvalue weighted by molar-refractivity contribution is 5.92. The predicted molar refractivity (Wildman–Crippen MR) is 80.4 cm³/mol. The maximum atomic E-state index is 12.3. The topological polar surface area (TPSA) is 67.4 Å². The van der Waals surface area contributed by atoms with E-state index in [4.69, 9.17) is 4.74 Å². The molecule has 6 heteroatoms. The van der Waals surface area contributed by atoms with Crippen molar-refractivity contribution in [2.24, 2.45) is 0 Å². The molecule has 0 unspecified atom stereocenters. The van der Waals surface area contributed by atoms with Crippen LogP contribution in [-0.2, 0) is 6.54 Å². The zero-order chi connectivity index (χ0) is 15.2. The smallest absolute Gasteiger partial charge is 0.274 e. The van der Waals surface area contributed by atoms with Gasteiger partial charge in [0, 0.05) is 20.6 Å². The van der Waals surface area contributed by atoms with E-state index in [0.29, 0.717) is 18.1 Å². The van der Waals surface area contributed by atoms with E-state index >= 15 is 0 Å². The van der Waals surface area contributed by atoms with Crippen LogP contribution in [0, 0.1) is 0 Å². The molecule has 0 bridgehead atoms. The van der Waals surface area contributed by atoms with E-state index in [0.717, 1.165) is 11.3 Å². The van der Waals surface area contributed by atoms with Crippen LogP contribution in [0.1, 0.15) is 16.1 Å². The molecule has 0 aliphatic heterocycles. The Morgan fingerprint density at radius 2 is 2.00 bits per heavy atom. The first kappa shape index (κ1) is 14.8. The molecule has 0 spiro atoms. The van der Waals surface area contributed by atoms with Crippen LogP contribution in [0.15, 0.2) is 36.7 Å². The molecule has 0 aliphatic rings.